The molecule has 35 heavy (non-hydrogen) atoms. The van der Waals surface area contributed by atoms with Crippen molar-refractivity contribution >= 4 is 10.9 Å². The number of piperidine rings is 1. The summed E-state index contributed by atoms with van der Waals surface area (Å²) in [6, 6.07) is 15.2. The van der Waals surface area contributed by atoms with E-state index in [1.165, 1.54) is 33.2 Å². The second-order valence-electron chi connectivity index (χ2n) is 10.5. The maximum Gasteiger partial charge on any atom is 0.169 e. The third kappa shape index (κ3) is 4.30. The van der Waals surface area contributed by atoms with Crippen molar-refractivity contribution in [2.45, 2.75) is 38.3 Å². The van der Waals surface area contributed by atoms with Gasteiger partial charge < -0.3 is 9.72 Å². The van der Waals surface area contributed by atoms with Gasteiger partial charge in [0.15, 0.2) is 5.67 Å². The first-order chi connectivity index (χ1) is 17.0. The molecule has 1 N–H and O–H groups in total. The Bertz CT molecular complexity index is 1310. The van der Waals surface area contributed by atoms with Crippen molar-refractivity contribution in [3.05, 3.63) is 83.3 Å². The first-order valence-corrected chi connectivity index (χ1v) is 12.6. The fraction of sp³-hybridized carbons (Fsp3) is 0.414. The Balaban J connectivity index is 1.30. The van der Waals surface area contributed by atoms with Gasteiger partial charge >= 0.3 is 0 Å². The van der Waals surface area contributed by atoms with Crippen LogP contribution in [0, 0.1) is 19.8 Å². The fourth-order valence-electron chi connectivity index (χ4n) is 6.12. The molecule has 2 aliphatic rings. The molecule has 0 amide bonds. The molecule has 0 aliphatic carbocycles. The Hall–Kier alpha value is -2.96. The maximum atomic E-state index is 14.9. The van der Waals surface area contributed by atoms with E-state index in [9.17, 15) is 4.39 Å². The minimum Gasteiger partial charge on any atom is -0.375 e. The molecule has 2 unspecified atom stereocenters. The summed E-state index contributed by atoms with van der Waals surface area (Å²) in [7, 11) is 0. The molecule has 4 aromatic rings. The van der Waals surface area contributed by atoms with Crippen LogP contribution in [0.15, 0.2) is 61.1 Å². The zero-order valence-electron chi connectivity index (χ0n) is 20.5. The average Bonchev–Trinajstić information content (AvgIpc) is 3.54. The molecule has 6 rings (SSSR count). The molecular weight excluding hydrogens is 439 g/mol. The summed E-state index contributed by atoms with van der Waals surface area (Å²) in [5.74, 6) is 0.837. The maximum absolute atomic E-state index is 14.9. The molecule has 0 bridgehead atoms. The number of nitrogens with one attached hydrogen (secondary N) is 1. The number of ether oxygens (including phenoxy) is 1. The molecule has 0 radical (unpaired) electrons. The third-order valence-electron chi connectivity index (χ3n) is 8.00. The minimum atomic E-state index is -1.19. The zero-order valence-corrected chi connectivity index (χ0v) is 20.5. The lowest BCUT2D eigenvalue weighted by Crippen LogP contribution is -2.55. The molecule has 4 heterocycles. The molecule has 2 fully saturated rings. The number of aryl methyl sites for hydroxylation is 2. The first-order valence-electron chi connectivity index (χ1n) is 12.6. The van der Waals surface area contributed by atoms with E-state index in [0.717, 1.165) is 31.6 Å². The number of aromatic amines is 1. The first kappa shape index (κ1) is 22.5. The second-order valence-corrected chi connectivity index (χ2v) is 10.5. The van der Waals surface area contributed by atoms with Crippen LogP contribution in [0.4, 0.5) is 4.39 Å². The molecule has 182 valence electrons. The van der Waals surface area contributed by atoms with Gasteiger partial charge in [-0.15, -0.1) is 0 Å². The Morgan fingerprint density at radius 3 is 2.69 bits per heavy atom. The molecular formula is C29H33FN4O. The molecule has 6 heteroatoms. The van der Waals surface area contributed by atoms with Crippen molar-refractivity contribution in [3.63, 3.8) is 0 Å². The predicted molar refractivity (Wildman–Crippen MR) is 137 cm³/mol. The van der Waals surface area contributed by atoms with Gasteiger partial charge in [0.25, 0.3) is 0 Å². The summed E-state index contributed by atoms with van der Waals surface area (Å²) < 4.78 is 22.0. The van der Waals surface area contributed by atoms with Gasteiger partial charge in [0, 0.05) is 42.6 Å². The van der Waals surface area contributed by atoms with E-state index in [0.29, 0.717) is 18.4 Å². The predicted octanol–water partition coefficient (Wildman–Crippen LogP) is 5.36. The van der Waals surface area contributed by atoms with E-state index in [2.05, 4.69) is 71.4 Å². The lowest BCUT2D eigenvalue weighted by Gasteiger charge is -2.44. The van der Waals surface area contributed by atoms with Crippen molar-refractivity contribution < 1.29 is 9.13 Å². The lowest BCUT2D eigenvalue weighted by atomic mass is 9.76. The van der Waals surface area contributed by atoms with Crippen molar-refractivity contribution in [3.8, 4) is 5.69 Å². The number of benzene rings is 2. The van der Waals surface area contributed by atoms with Gasteiger partial charge in [-0.05, 0) is 91.6 Å². The quantitative estimate of drug-likeness (QED) is 0.411. The monoisotopic (exact) mass is 472 g/mol. The number of H-pyrrole nitrogens is 1. The molecule has 2 aliphatic heterocycles. The van der Waals surface area contributed by atoms with Crippen molar-refractivity contribution in [1.29, 1.82) is 0 Å². The Kier molecular flexibility index (Phi) is 5.73. The Morgan fingerprint density at radius 2 is 1.97 bits per heavy atom. The summed E-state index contributed by atoms with van der Waals surface area (Å²) in [6.07, 6.45) is 7.90. The molecule has 2 aromatic carbocycles. The van der Waals surface area contributed by atoms with E-state index in [4.69, 9.17) is 4.74 Å². The number of fused-ring (bicyclic) bond motifs is 1. The number of hydrogen-bond donors (Lipinski definition) is 1. The van der Waals surface area contributed by atoms with E-state index < -0.39 is 5.67 Å². The van der Waals surface area contributed by atoms with Crippen molar-refractivity contribution in [2.75, 3.05) is 32.8 Å². The minimum absolute atomic E-state index is 0.226. The van der Waals surface area contributed by atoms with Crippen LogP contribution < -0.4 is 0 Å². The molecule has 2 atom stereocenters. The van der Waals surface area contributed by atoms with Crippen LogP contribution >= 0.6 is 0 Å². The van der Waals surface area contributed by atoms with Crippen LogP contribution in [0.25, 0.3) is 16.6 Å². The summed E-state index contributed by atoms with van der Waals surface area (Å²) in [6.45, 7) is 7.13. The van der Waals surface area contributed by atoms with Crippen LogP contribution in [0.1, 0.15) is 34.6 Å². The third-order valence-corrected chi connectivity index (χ3v) is 8.00. The summed E-state index contributed by atoms with van der Waals surface area (Å²) in [5.41, 5.74) is 6.53. The van der Waals surface area contributed by atoms with Crippen LogP contribution in [-0.2, 0) is 11.2 Å². The largest absolute Gasteiger partial charge is 0.375 e. The highest BCUT2D eigenvalue weighted by Crippen LogP contribution is 2.38. The van der Waals surface area contributed by atoms with E-state index in [1.54, 1.807) is 6.20 Å². The van der Waals surface area contributed by atoms with Gasteiger partial charge in [-0.3, -0.25) is 4.90 Å². The molecule has 0 saturated carbocycles. The van der Waals surface area contributed by atoms with Gasteiger partial charge in [0.1, 0.15) is 0 Å². The highest BCUT2D eigenvalue weighted by Gasteiger charge is 2.42. The number of aromatic nitrogens is 3. The highest BCUT2D eigenvalue weighted by molar-refractivity contribution is 5.87. The van der Waals surface area contributed by atoms with Gasteiger partial charge in [-0.1, -0.05) is 18.2 Å². The number of nitrogens with zero attached hydrogens (tertiary/aromatic N) is 3. The van der Waals surface area contributed by atoms with Crippen LogP contribution in [0.5, 0.6) is 0 Å². The lowest BCUT2D eigenvalue weighted by molar-refractivity contribution is -0.143. The highest BCUT2D eigenvalue weighted by atomic mass is 19.1. The van der Waals surface area contributed by atoms with Crippen molar-refractivity contribution in [2.24, 2.45) is 5.92 Å². The zero-order chi connectivity index (χ0) is 24.0. The van der Waals surface area contributed by atoms with E-state index >= 15 is 0 Å². The normalized spacial score (nSPS) is 22.4. The average molecular weight is 473 g/mol. The standard InChI is InChI=1S/C29H33FN4O/c1-20-14-21(2)28-25(8-11-31-28)26(20)15-23-9-13-33(17-29(30)18-35-19-29)16-27(23)22-4-6-24(7-5-22)34-12-3-10-32-34/h3-8,10-12,14,23,27,31H,9,13,15-19H2,1-2H3. The number of hydrogen-bond acceptors (Lipinski definition) is 3. The van der Waals surface area contributed by atoms with Gasteiger partial charge in [0.05, 0.1) is 18.9 Å². The second kappa shape index (κ2) is 8.92. The number of rotatable bonds is 6. The van der Waals surface area contributed by atoms with E-state index in [1.807, 2.05) is 16.9 Å². The molecule has 0 spiro atoms. The summed E-state index contributed by atoms with van der Waals surface area (Å²) in [5, 5.41) is 5.70. The van der Waals surface area contributed by atoms with Gasteiger partial charge in [-0.2, -0.15) is 5.10 Å². The molecule has 5 nitrogen and oxygen atoms in total. The number of alkyl halides is 1. The van der Waals surface area contributed by atoms with E-state index in [-0.39, 0.29) is 13.2 Å². The Morgan fingerprint density at radius 1 is 1.14 bits per heavy atom. The molecule has 2 aromatic heterocycles. The summed E-state index contributed by atoms with van der Waals surface area (Å²) >= 11 is 0. The number of halogens is 1. The van der Waals surface area contributed by atoms with Gasteiger partial charge in [0.2, 0.25) is 0 Å². The SMILES string of the molecule is Cc1cc(C)c2[nH]ccc2c1CC1CCN(CC2(F)COC2)CC1c1ccc(-n2cccn2)cc1. The van der Waals surface area contributed by atoms with Crippen molar-refractivity contribution in [1.82, 2.24) is 19.7 Å². The van der Waals surface area contributed by atoms with Crippen LogP contribution in [0.3, 0.4) is 0 Å². The fourth-order valence-corrected chi connectivity index (χ4v) is 6.12. The van der Waals surface area contributed by atoms with Crippen LogP contribution in [0.2, 0.25) is 0 Å². The topological polar surface area (TPSA) is 46.1 Å². The van der Waals surface area contributed by atoms with Crippen LogP contribution in [-0.4, -0.2) is 58.2 Å². The molecule has 2 saturated heterocycles. The summed E-state index contributed by atoms with van der Waals surface area (Å²) in [4.78, 5) is 5.75. The number of likely N-dealkylation sites (tertiary alicyclic amines) is 1. The Labute approximate surface area is 205 Å². The smallest absolute Gasteiger partial charge is 0.169 e. The van der Waals surface area contributed by atoms with Gasteiger partial charge in [-0.25, -0.2) is 9.07 Å².